The Balaban J connectivity index is 1.10. The Morgan fingerprint density at radius 3 is 2.44 bits per heavy atom. The van der Waals surface area contributed by atoms with Gasteiger partial charge in [-0.2, -0.15) is 0 Å². The van der Waals surface area contributed by atoms with E-state index in [1.807, 2.05) is 41.4 Å². The summed E-state index contributed by atoms with van der Waals surface area (Å²) >= 11 is 0. The number of aromatic nitrogens is 3. The fourth-order valence-electron chi connectivity index (χ4n) is 4.79. The van der Waals surface area contributed by atoms with Gasteiger partial charge in [0.1, 0.15) is 11.6 Å². The zero-order valence-electron chi connectivity index (χ0n) is 18.6. The minimum atomic E-state index is 0.241. The number of piperidine rings is 1. The third kappa shape index (κ3) is 4.27. The van der Waals surface area contributed by atoms with Gasteiger partial charge in [-0.3, -0.25) is 14.1 Å². The summed E-state index contributed by atoms with van der Waals surface area (Å²) in [5.74, 6) is 2.54. The van der Waals surface area contributed by atoms with Crippen molar-refractivity contribution in [2.75, 3.05) is 57.8 Å². The molecule has 168 valence electrons. The first-order chi connectivity index (χ1) is 15.7. The van der Waals surface area contributed by atoms with Crippen molar-refractivity contribution in [3.8, 4) is 5.75 Å². The highest BCUT2D eigenvalue weighted by molar-refractivity contribution is 5.78. The van der Waals surface area contributed by atoms with E-state index in [4.69, 9.17) is 4.74 Å². The van der Waals surface area contributed by atoms with E-state index >= 15 is 0 Å². The predicted molar refractivity (Wildman–Crippen MR) is 123 cm³/mol. The van der Waals surface area contributed by atoms with Crippen LogP contribution in [0.5, 0.6) is 5.75 Å². The van der Waals surface area contributed by atoms with E-state index in [-0.39, 0.29) is 5.91 Å². The molecule has 0 atom stereocenters. The number of ether oxygens (including phenoxy) is 1. The van der Waals surface area contributed by atoms with E-state index < -0.39 is 0 Å². The lowest BCUT2D eigenvalue weighted by Crippen LogP contribution is -2.51. The van der Waals surface area contributed by atoms with Crippen molar-refractivity contribution in [2.24, 2.45) is 0 Å². The van der Waals surface area contributed by atoms with Crippen molar-refractivity contribution in [2.45, 2.75) is 18.8 Å². The molecule has 3 aromatic rings. The number of likely N-dealkylation sites (tertiary alicyclic amines) is 1. The molecule has 0 aliphatic carbocycles. The van der Waals surface area contributed by atoms with E-state index in [0.29, 0.717) is 12.5 Å². The van der Waals surface area contributed by atoms with Gasteiger partial charge in [0, 0.05) is 44.0 Å². The number of rotatable bonds is 5. The maximum Gasteiger partial charge on any atom is 0.236 e. The number of hydrogen-bond donors (Lipinski definition) is 0. The molecule has 2 saturated heterocycles. The molecule has 1 amide bonds. The van der Waals surface area contributed by atoms with Crippen LogP contribution in [0.4, 0.5) is 5.69 Å². The van der Waals surface area contributed by atoms with Crippen molar-refractivity contribution in [1.82, 2.24) is 24.4 Å². The molecule has 2 aromatic heterocycles. The molecule has 32 heavy (non-hydrogen) atoms. The van der Waals surface area contributed by atoms with E-state index in [9.17, 15) is 4.79 Å². The lowest BCUT2D eigenvalue weighted by Gasteiger charge is -2.38. The number of piperazine rings is 1. The highest BCUT2D eigenvalue weighted by Crippen LogP contribution is 2.27. The van der Waals surface area contributed by atoms with Gasteiger partial charge in [0.25, 0.3) is 0 Å². The van der Waals surface area contributed by atoms with Gasteiger partial charge in [-0.05, 0) is 62.3 Å². The van der Waals surface area contributed by atoms with Crippen LogP contribution in [-0.2, 0) is 4.79 Å². The molecule has 4 heterocycles. The van der Waals surface area contributed by atoms with E-state index in [1.165, 1.54) is 5.69 Å². The van der Waals surface area contributed by atoms with Crippen LogP contribution in [0.15, 0.2) is 48.7 Å². The Bertz CT molecular complexity index is 1050. The monoisotopic (exact) mass is 434 g/mol. The maximum absolute atomic E-state index is 12.9. The summed E-state index contributed by atoms with van der Waals surface area (Å²) in [6.45, 7) is 5.62. The fraction of sp³-hybridized carbons (Fsp3) is 0.458. The summed E-state index contributed by atoms with van der Waals surface area (Å²) in [4.78, 5) is 19.5. The van der Waals surface area contributed by atoms with Crippen LogP contribution in [-0.4, -0.2) is 83.2 Å². The average Bonchev–Trinajstić information content (AvgIpc) is 3.29. The average molecular weight is 435 g/mol. The van der Waals surface area contributed by atoms with Gasteiger partial charge in [0.2, 0.25) is 5.91 Å². The zero-order valence-corrected chi connectivity index (χ0v) is 18.6. The quantitative estimate of drug-likeness (QED) is 0.614. The lowest BCUT2D eigenvalue weighted by atomic mass is 9.96. The molecular weight excluding hydrogens is 404 g/mol. The Morgan fingerprint density at radius 1 is 0.969 bits per heavy atom. The van der Waals surface area contributed by atoms with Crippen LogP contribution < -0.4 is 9.64 Å². The van der Waals surface area contributed by atoms with Gasteiger partial charge in [0.15, 0.2) is 5.65 Å². The van der Waals surface area contributed by atoms with E-state index in [1.54, 1.807) is 7.11 Å². The first kappa shape index (κ1) is 20.8. The second-order valence-corrected chi connectivity index (χ2v) is 8.60. The first-order valence-corrected chi connectivity index (χ1v) is 11.4. The molecule has 8 heteroatoms. The third-order valence-electron chi connectivity index (χ3n) is 6.72. The molecule has 2 aliphatic heterocycles. The molecule has 0 spiro atoms. The maximum atomic E-state index is 12.9. The number of benzene rings is 1. The van der Waals surface area contributed by atoms with Crippen molar-refractivity contribution < 1.29 is 9.53 Å². The Kier molecular flexibility index (Phi) is 5.94. The van der Waals surface area contributed by atoms with Gasteiger partial charge >= 0.3 is 0 Å². The number of pyridine rings is 1. The number of amides is 1. The first-order valence-electron chi connectivity index (χ1n) is 11.4. The molecule has 0 N–H and O–H groups in total. The topological polar surface area (TPSA) is 66.2 Å². The minimum absolute atomic E-state index is 0.241. The summed E-state index contributed by atoms with van der Waals surface area (Å²) < 4.78 is 7.33. The highest BCUT2D eigenvalue weighted by Gasteiger charge is 2.28. The molecule has 8 nitrogen and oxygen atoms in total. The van der Waals surface area contributed by atoms with Crippen LogP contribution >= 0.6 is 0 Å². The highest BCUT2D eigenvalue weighted by atomic mass is 16.5. The van der Waals surface area contributed by atoms with Crippen LogP contribution in [0.25, 0.3) is 5.65 Å². The predicted octanol–water partition coefficient (Wildman–Crippen LogP) is 2.27. The van der Waals surface area contributed by atoms with Crippen LogP contribution in [0.3, 0.4) is 0 Å². The number of anilines is 1. The molecule has 1 aromatic carbocycles. The summed E-state index contributed by atoms with van der Waals surface area (Å²) in [5.41, 5.74) is 2.08. The number of methoxy groups -OCH3 is 1. The molecule has 0 bridgehead atoms. The molecule has 0 unspecified atom stereocenters. The summed E-state index contributed by atoms with van der Waals surface area (Å²) in [5, 5.41) is 8.72. The summed E-state index contributed by atoms with van der Waals surface area (Å²) in [6, 6.07) is 14.1. The van der Waals surface area contributed by atoms with Crippen molar-refractivity contribution in [3.05, 3.63) is 54.5 Å². The molecule has 2 aliphatic rings. The largest absolute Gasteiger partial charge is 0.497 e. The van der Waals surface area contributed by atoms with Crippen molar-refractivity contribution in [3.63, 3.8) is 0 Å². The van der Waals surface area contributed by atoms with Gasteiger partial charge in [-0.25, -0.2) is 0 Å². The normalized spacial score (nSPS) is 18.3. The summed E-state index contributed by atoms with van der Waals surface area (Å²) in [6.07, 6.45) is 4.05. The van der Waals surface area contributed by atoms with Gasteiger partial charge in [-0.1, -0.05) is 6.07 Å². The van der Waals surface area contributed by atoms with Crippen molar-refractivity contribution in [1.29, 1.82) is 0 Å². The molecule has 0 radical (unpaired) electrons. The van der Waals surface area contributed by atoms with Crippen LogP contribution in [0.2, 0.25) is 0 Å². The Labute approximate surface area is 188 Å². The zero-order chi connectivity index (χ0) is 21.9. The van der Waals surface area contributed by atoms with Gasteiger partial charge in [-0.15, -0.1) is 10.2 Å². The molecular formula is C24H30N6O2. The number of carbonyl (C=O) groups excluding carboxylic acids is 1. The molecule has 2 fully saturated rings. The van der Waals surface area contributed by atoms with E-state index in [0.717, 1.165) is 69.3 Å². The van der Waals surface area contributed by atoms with E-state index in [2.05, 4.69) is 36.5 Å². The number of hydrogen-bond acceptors (Lipinski definition) is 6. The second-order valence-electron chi connectivity index (χ2n) is 8.60. The third-order valence-corrected chi connectivity index (χ3v) is 6.72. The fourth-order valence-corrected chi connectivity index (χ4v) is 4.79. The van der Waals surface area contributed by atoms with Gasteiger partial charge in [0.05, 0.1) is 13.7 Å². The standard InChI is InChI=1S/C24H30N6O2/c1-32-21-7-5-20(6-8-21)28-14-16-29(17-15-28)23(31)18-27-12-9-19(10-13-27)24-26-25-22-4-2-3-11-30(22)24/h2-8,11,19H,9-10,12-18H2,1H3. The Morgan fingerprint density at radius 2 is 1.72 bits per heavy atom. The molecule has 5 rings (SSSR count). The van der Waals surface area contributed by atoms with Gasteiger partial charge < -0.3 is 14.5 Å². The smallest absolute Gasteiger partial charge is 0.236 e. The Hall–Kier alpha value is -3.13. The number of carbonyl (C=O) groups is 1. The van der Waals surface area contributed by atoms with Crippen LogP contribution in [0, 0.1) is 0 Å². The minimum Gasteiger partial charge on any atom is -0.497 e. The number of fused-ring (bicyclic) bond motifs is 1. The summed E-state index contributed by atoms with van der Waals surface area (Å²) in [7, 11) is 1.68. The second kappa shape index (κ2) is 9.16. The lowest BCUT2D eigenvalue weighted by molar-refractivity contribution is -0.133. The number of nitrogens with zero attached hydrogens (tertiary/aromatic N) is 6. The SMILES string of the molecule is COc1ccc(N2CCN(C(=O)CN3CCC(c4nnc5ccccn45)CC3)CC2)cc1. The van der Waals surface area contributed by atoms with Crippen LogP contribution in [0.1, 0.15) is 24.6 Å². The van der Waals surface area contributed by atoms with Crippen molar-refractivity contribution >= 4 is 17.2 Å². The molecule has 0 saturated carbocycles.